The van der Waals surface area contributed by atoms with E-state index in [1.807, 2.05) is 0 Å². The van der Waals surface area contributed by atoms with E-state index in [0.29, 0.717) is 17.4 Å². The Morgan fingerprint density at radius 1 is 1.02 bits per heavy atom. The zero-order valence-electron chi connectivity index (χ0n) is 20.3. The lowest BCUT2D eigenvalue weighted by Crippen LogP contribution is -2.54. The van der Waals surface area contributed by atoms with Crippen LogP contribution < -0.4 is 5.32 Å². The van der Waals surface area contributed by atoms with E-state index in [4.69, 9.17) is 23.2 Å². The number of hydrogen-bond donors (Lipinski definition) is 4. The summed E-state index contributed by atoms with van der Waals surface area (Å²) in [6.45, 7) is -0.0634. The van der Waals surface area contributed by atoms with Crippen LogP contribution in [0.4, 0.5) is 30.7 Å². The molecule has 2 aromatic rings. The number of nitrogens with one attached hydrogen (secondary N) is 1. The highest BCUT2D eigenvalue weighted by Crippen LogP contribution is 2.54. The van der Waals surface area contributed by atoms with Gasteiger partial charge in [-0.3, -0.25) is 18.7 Å². The van der Waals surface area contributed by atoms with E-state index in [0.717, 1.165) is 0 Å². The Morgan fingerprint density at radius 3 is 2.10 bits per heavy atom. The second kappa shape index (κ2) is 11.0. The number of amides is 2. The SMILES string of the molecule is O=C(NC1CS(O)(O)C1)c1nc(C(=O)N2CCC(F)CC2)c(-c2ccc(C(O)(C(F)(F)F)C(F)(F)F)c(Cl)c2Cl)s1. The van der Waals surface area contributed by atoms with Crippen LogP contribution >= 0.6 is 45.1 Å². The Morgan fingerprint density at radius 2 is 1.59 bits per heavy atom. The summed E-state index contributed by atoms with van der Waals surface area (Å²) in [7, 11) is -2.82. The summed E-state index contributed by atoms with van der Waals surface area (Å²) in [6, 6.07) is 0.307. The maximum Gasteiger partial charge on any atom is 0.430 e. The van der Waals surface area contributed by atoms with E-state index < -0.39 is 73.9 Å². The van der Waals surface area contributed by atoms with Crippen LogP contribution in [0, 0.1) is 0 Å². The van der Waals surface area contributed by atoms with E-state index in [1.165, 1.54) is 4.90 Å². The van der Waals surface area contributed by atoms with Gasteiger partial charge in [-0.15, -0.1) is 11.3 Å². The first-order chi connectivity index (χ1) is 18.8. The fraction of sp³-hybridized carbons (Fsp3) is 0.500. The number of aliphatic hydroxyl groups is 1. The molecule has 19 heteroatoms. The van der Waals surface area contributed by atoms with Crippen molar-refractivity contribution >= 4 is 56.9 Å². The van der Waals surface area contributed by atoms with Gasteiger partial charge in [-0.1, -0.05) is 35.3 Å². The molecule has 2 saturated heterocycles. The van der Waals surface area contributed by atoms with Crippen molar-refractivity contribution in [3.63, 3.8) is 0 Å². The summed E-state index contributed by atoms with van der Waals surface area (Å²) in [5.41, 5.74) is -7.99. The molecule has 1 aromatic carbocycles. The number of aromatic nitrogens is 1. The lowest BCUT2D eigenvalue weighted by molar-refractivity contribution is -0.376. The van der Waals surface area contributed by atoms with Crippen molar-refractivity contribution in [1.82, 2.24) is 15.2 Å². The van der Waals surface area contributed by atoms with E-state index in [1.54, 1.807) is 0 Å². The molecule has 0 unspecified atom stereocenters. The van der Waals surface area contributed by atoms with Gasteiger partial charge in [0.2, 0.25) is 0 Å². The number of piperidine rings is 1. The number of benzene rings is 1. The van der Waals surface area contributed by atoms with Gasteiger partial charge in [-0.2, -0.15) is 36.9 Å². The van der Waals surface area contributed by atoms with Gasteiger partial charge in [-0.05, 0) is 12.8 Å². The van der Waals surface area contributed by atoms with Gasteiger partial charge in [0, 0.05) is 24.2 Å². The highest BCUT2D eigenvalue weighted by atomic mass is 35.5. The van der Waals surface area contributed by atoms with Gasteiger partial charge in [0.25, 0.3) is 17.4 Å². The number of likely N-dealkylation sites (tertiary alicyclic amines) is 1. The molecule has 2 aliphatic heterocycles. The first-order valence-electron chi connectivity index (χ1n) is 11.6. The molecular formula is C22H20Cl2F7N3O5S2. The number of carbonyl (C=O) groups is 2. The van der Waals surface area contributed by atoms with E-state index in [9.17, 15) is 54.5 Å². The maximum atomic E-state index is 13.6. The first-order valence-corrected chi connectivity index (χ1v) is 15.1. The summed E-state index contributed by atoms with van der Waals surface area (Å²) in [5.74, 6) is -1.89. The maximum absolute atomic E-state index is 13.6. The Hall–Kier alpha value is -1.89. The molecule has 2 aliphatic rings. The average molecular weight is 674 g/mol. The van der Waals surface area contributed by atoms with Gasteiger partial charge in [-0.25, -0.2) is 9.37 Å². The van der Waals surface area contributed by atoms with Gasteiger partial charge < -0.3 is 15.3 Å². The fourth-order valence-electron chi connectivity index (χ4n) is 4.34. The summed E-state index contributed by atoms with van der Waals surface area (Å²) < 4.78 is 114. The van der Waals surface area contributed by atoms with E-state index >= 15 is 0 Å². The van der Waals surface area contributed by atoms with Crippen LogP contribution in [0.3, 0.4) is 0 Å². The molecule has 0 saturated carbocycles. The van der Waals surface area contributed by atoms with Crippen molar-refractivity contribution in [2.45, 2.75) is 43.0 Å². The topological polar surface area (TPSA) is 123 Å². The van der Waals surface area contributed by atoms with Crippen LogP contribution in [0.2, 0.25) is 10.0 Å². The molecule has 4 N–H and O–H groups in total. The van der Waals surface area contributed by atoms with Crippen LogP contribution in [-0.2, 0) is 5.60 Å². The Kier molecular flexibility index (Phi) is 8.59. The Bertz CT molecular complexity index is 1340. The van der Waals surface area contributed by atoms with E-state index in [-0.39, 0.29) is 59.0 Å². The number of halogens is 9. The van der Waals surface area contributed by atoms with Crippen LogP contribution in [0.1, 0.15) is 38.7 Å². The van der Waals surface area contributed by atoms with Crippen LogP contribution in [0.15, 0.2) is 12.1 Å². The lowest BCUT2D eigenvalue weighted by atomic mass is 9.91. The Labute approximate surface area is 242 Å². The van der Waals surface area contributed by atoms with Crippen molar-refractivity contribution in [3.8, 4) is 10.4 Å². The van der Waals surface area contributed by atoms with Crippen molar-refractivity contribution < 1.29 is 54.5 Å². The summed E-state index contributed by atoms with van der Waals surface area (Å²) in [5, 5.41) is 9.73. The normalized spacial score (nSPS) is 19.6. The zero-order chi connectivity index (χ0) is 30.7. The molecule has 0 radical (unpaired) electrons. The highest BCUT2D eigenvalue weighted by molar-refractivity contribution is 8.25. The highest BCUT2D eigenvalue weighted by Gasteiger charge is 2.72. The molecule has 2 amide bonds. The molecule has 0 spiro atoms. The van der Waals surface area contributed by atoms with Crippen LogP contribution in [0.25, 0.3) is 10.4 Å². The van der Waals surface area contributed by atoms with Gasteiger partial charge >= 0.3 is 12.4 Å². The lowest BCUT2D eigenvalue weighted by Gasteiger charge is -2.46. The van der Waals surface area contributed by atoms with Gasteiger partial charge in [0.05, 0.1) is 32.5 Å². The van der Waals surface area contributed by atoms with E-state index in [2.05, 4.69) is 10.3 Å². The zero-order valence-corrected chi connectivity index (χ0v) is 23.5. The van der Waals surface area contributed by atoms with Gasteiger partial charge in [0.15, 0.2) is 5.01 Å². The van der Waals surface area contributed by atoms with Crippen LogP contribution in [-0.4, -0.2) is 85.1 Å². The largest absolute Gasteiger partial charge is 0.430 e. The molecule has 2 fully saturated rings. The molecule has 0 bridgehead atoms. The molecule has 4 rings (SSSR count). The Balaban J connectivity index is 1.79. The summed E-state index contributed by atoms with van der Waals surface area (Å²) in [4.78, 5) is 31.2. The summed E-state index contributed by atoms with van der Waals surface area (Å²) in [6.07, 6.45) is -13.7. The molecule has 0 atom stereocenters. The number of rotatable bonds is 5. The average Bonchev–Trinajstić information content (AvgIpc) is 3.28. The van der Waals surface area contributed by atoms with Gasteiger partial charge in [0.1, 0.15) is 11.9 Å². The molecule has 1 aromatic heterocycles. The second-order valence-corrected chi connectivity index (χ2v) is 13.5. The van der Waals surface area contributed by atoms with Crippen LogP contribution in [0.5, 0.6) is 0 Å². The smallest absolute Gasteiger partial charge is 0.369 e. The number of thiazole rings is 1. The molecular weight excluding hydrogens is 654 g/mol. The van der Waals surface area contributed by atoms with Crippen molar-refractivity contribution in [2.24, 2.45) is 0 Å². The monoisotopic (exact) mass is 673 g/mol. The minimum atomic E-state index is -6.25. The number of alkyl halides is 7. The molecule has 0 aliphatic carbocycles. The number of nitrogens with zero attached hydrogens (tertiary/aromatic N) is 2. The molecule has 228 valence electrons. The molecule has 41 heavy (non-hydrogen) atoms. The predicted octanol–water partition coefficient (Wildman–Crippen LogP) is 5.87. The number of carbonyl (C=O) groups excluding carboxylic acids is 2. The molecule has 3 heterocycles. The predicted molar refractivity (Wildman–Crippen MR) is 137 cm³/mol. The third kappa shape index (κ3) is 5.99. The van der Waals surface area contributed by atoms with Crippen molar-refractivity contribution in [2.75, 3.05) is 24.6 Å². The fourth-order valence-corrected chi connectivity index (χ4v) is 7.31. The third-order valence-electron chi connectivity index (χ3n) is 6.54. The van der Waals surface area contributed by atoms with Crippen molar-refractivity contribution in [3.05, 3.63) is 38.4 Å². The minimum absolute atomic E-state index is 0.00137. The third-order valence-corrected chi connectivity index (χ3v) is 10.4. The number of hydrogen-bond acceptors (Lipinski definition) is 7. The standard InChI is InChI=1S/C22H20Cl2F7N3O5S2/c23-13-11(1-2-12(14(13)24)20(37,21(26,27)28)22(29,30)31)16-15(19(36)34-5-3-9(25)4-6-34)33-18(40-16)17(35)32-10-7-41(38,39)8-10/h1-2,9-10,37-39H,3-8H2,(H,32,35). The minimum Gasteiger partial charge on any atom is -0.369 e. The molecule has 8 nitrogen and oxygen atoms in total. The quantitative estimate of drug-likeness (QED) is 0.295. The van der Waals surface area contributed by atoms with Crippen molar-refractivity contribution in [1.29, 1.82) is 0 Å². The second-order valence-electron chi connectivity index (χ2n) is 9.46. The summed E-state index contributed by atoms with van der Waals surface area (Å²) >= 11 is 12.5. The first kappa shape index (κ1) is 32.0.